The number of imidazole rings is 1. The molecule has 27 heavy (non-hydrogen) atoms. The summed E-state index contributed by atoms with van der Waals surface area (Å²) >= 11 is 0. The van der Waals surface area contributed by atoms with Crippen LogP contribution in [-0.4, -0.2) is 20.0 Å². The maximum absolute atomic E-state index is 14.0. The molecule has 0 fully saturated rings. The van der Waals surface area contributed by atoms with E-state index in [1.165, 1.54) is 30.5 Å². The number of benzene rings is 2. The Morgan fingerprint density at radius 2 is 2.00 bits per heavy atom. The average molecular weight is 368 g/mol. The summed E-state index contributed by atoms with van der Waals surface area (Å²) in [5, 5.41) is 15.1. The van der Waals surface area contributed by atoms with Crippen LogP contribution >= 0.6 is 0 Å². The van der Waals surface area contributed by atoms with Crippen molar-refractivity contribution in [2.24, 2.45) is 0 Å². The van der Waals surface area contributed by atoms with Gasteiger partial charge in [0.25, 0.3) is 5.69 Å². The van der Waals surface area contributed by atoms with Crippen LogP contribution in [0.1, 0.15) is 5.56 Å². The van der Waals surface area contributed by atoms with Gasteiger partial charge in [-0.15, -0.1) is 0 Å². The molecule has 2 aromatic carbocycles. The molecule has 0 spiro atoms. The zero-order chi connectivity index (χ0) is 19.0. The fourth-order valence-corrected chi connectivity index (χ4v) is 2.76. The smallest absolute Gasteiger partial charge is 0.269 e. The number of H-pyrrole nitrogens is 1. The van der Waals surface area contributed by atoms with Gasteiger partial charge in [0.1, 0.15) is 23.1 Å². The molecule has 2 aromatic heterocycles. The van der Waals surface area contributed by atoms with E-state index in [0.29, 0.717) is 23.1 Å². The molecular weight excluding hydrogens is 356 g/mol. The second-order valence-corrected chi connectivity index (χ2v) is 5.88. The van der Waals surface area contributed by atoms with Crippen molar-refractivity contribution >= 4 is 16.7 Å². The monoisotopic (exact) mass is 368 g/mol. The summed E-state index contributed by atoms with van der Waals surface area (Å²) in [4.78, 5) is 17.6. The SMILES string of the molecule is O=[N+]([O-])c1cccc(C[n+]2cc3[nH]c(-c4cccc(F)c4F)nc3cn2)c1. The van der Waals surface area contributed by atoms with Crippen molar-refractivity contribution in [2.45, 2.75) is 6.54 Å². The Hall–Kier alpha value is -3.75. The summed E-state index contributed by atoms with van der Waals surface area (Å²) < 4.78 is 29.0. The maximum atomic E-state index is 14.0. The highest BCUT2D eigenvalue weighted by atomic mass is 19.2. The first-order chi connectivity index (χ1) is 13.0. The predicted molar refractivity (Wildman–Crippen MR) is 91.6 cm³/mol. The highest BCUT2D eigenvalue weighted by molar-refractivity contribution is 5.77. The summed E-state index contributed by atoms with van der Waals surface area (Å²) in [5.74, 6) is -1.74. The van der Waals surface area contributed by atoms with Gasteiger partial charge in [0, 0.05) is 17.7 Å². The number of nitrogens with zero attached hydrogens (tertiary/aromatic N) is 4. The van der Waals surface area contributed by atoms with Crippen molar-refractivity contribution in [2.75, 3.05) is 0 Å². The molecule has 1 N–H and O–H groups in total. The van der Waals surface area contributed by atoms with Crippen molar-refractivity contribution in [3.8, 4) is 11.4 Å². The third-order valence-electron chi connectivity index (χ3n) is 4.04. The quantitative estimate of drug-likeness (QED) is 0.340. The second kappa shape index (κ2) is 6.52. The van der Waals surface area contributed by atoms with Crippen LogP contribution in [0.3, 0.4) is 0 Å². The van der Waals surface area contributed by atoms with E-state index in [-0.39, 0.29) is 17.1 Å². The number of hydrogen-bond donors (Lipinski definition) is 1. The molecule has 0 aliphatic rings. The summed E-state index contributed by atoms with van der Waals surface area (Å²) in [6.45, 7) is 0.306. The molecule has 4 rings (SSSR count). The maximum Gasteiger partial charge on any atom is 0.269 e. The Morgan fingerprint density at radius 1 is 1.19 bits per heavy atom. The summed E-state index contributed by atoms with van der Waals surface area (Å²) in [7, 11) is 0. The molecule has 0 saturated carbocycles. The van der Waals surface area contributed by atoms with Crippen molar-refractivity contribution in [3.63, 3.8) is 0 Å². The van der Waals surface area contributed by atoms with Crippen LogP contribution < -0.4 is 4.68 Å². The zero-order valence-corrected chi connectivity index (χ0v) is 13.8. The Morgan fingerprint density at radius 3 is 2.81 bits per heavy atom. The number of fused-ring (bicyclic) bond motifs is 1. The van der Waals surface area contributed by atoms with E-state index in [1.54, 1.807) is 23.0 Å². The number of halogens is 2. The van der Waals surface area contributed by atoms with Gasteiger partial charge >= 0.3 is 0 Å². The van der Waals surface area contributed by atoms with Crippen molar-refractivity contribution in [1.29, 1.82) is 0 Å². The van der Waals surface area contributed by atoms with Gasteiger partial charge in [-0.25, -0.2) is 13.8 Å². The Balaban J connectivity index is 1.68. The number of nitro benzene ring substituents is 1. The molecule has 0 aliphatic heterocycles. The molecular formula is C18H12F2N5O2+. The van der Waals surface area contributed by atoms with Crippen LogP contribution in [-0.2, 0) is 6.54 Å². The molecule has 0 unspecified atom stereocenters. The number of aromatic amines is 1. The van der Waals surface area contributed by atoms with Gasteiger partial charge in [0.05, 0.1) is 10.5 Å². The van der Waals surface area contributed by atoms with Gasteiger partial charge < -0.3 is 4.98 Å². The molecule has 0 saturated heterocycles. The fraction of sp³-hybridized carbons (Fsp3) is 0.0556. The molecule has 0 amide bonds. The van der Waals surface area contributed by atoms with Crippen LogP contribution in [0.5, 0.6) is 0 Å². The summed E-state index contributed by atoms with van der Waals surface area (Å²) in [6.07, 6.45) is 3.14. The summed E-state index contributed by atoms with van der Waals surface area (Å²) in [6, 6.07) is 10.1. The normalized spacial score (nSPS) is 11.0. The second-order valence-electron chi connectivity index (χ2n) is 5.88. The van der Waals surface area contributed by atoms with Gasteiger partial charge in [-0.1, -0.05) is 22.9 Å². The van der Waals surface area contributed by atoms with Crippen LogP contribution in [0.25, 0.3) is 22.4 Å². The van der Waals surface area contributed by atoms with E-state index >= 15 is 0 Å². The van der Waals surface area contributed by atoms with E-state index < -0.39 is 16.6 Å². The largest absolute Gasteiger partial charge is 0.333 e. The molecule has 2 heterocycles. The first kappa shape index (κ1) is 16.7. The Labute approximate surface area is 151 Å². The molecule has 0 aliphatic carbocycles. The van der Waals surface area contributed by atoms with Crippen molar-refractivity contribution < 1.29 is 18.4 Å². The number of non-ortho nitro benzene ring substituents is 1. The van der Waals surface area contributed by atoms with Gasteiger partial charge in [0.15, 0.2) is 18.2 Å². The van der Waals surface area contributed by atoms with Crippen LogP contribution in [0.15, 0.2) is 54.9 Å². The first-order valence-electron chi connectivity index (χ1n) is 7.94. The predicted octanol–water partition coefficient (Wildman–Crippen LogP) is 3.15. The molecule has 134 valence electrons. The number of hydrogen-bond acceptors (Lipinski definition) is 4. The molecule has 4 aromatic rings. The van der Waals surface area contributed by atoms with Gasteiger partial charge in [-0.3, -0.25) is 10.1 Å². The van der Waals surface area contributed by atoms with E-state index in [2.05, 4.69) is 15.1 Å². The molecule has 7 nitrogen and oxygen atoms in total. The van der Waals surface area contributed by atoms with Crippen LogP contribution in [0.4, 0.5) is 14.5 Å². The Bertz CT molecular complexity index is 1180. The fourth-order valence-electron chi connectivity index (χ4n) is 2.76. The average Bonchev–Trinajstić information content (AvgIpc) is 3.07. The van der Waals surface area contributed by atoms with Gasteiger partial charge in [0.2, 0.25) is 6.20 Å². The minimum Gasteiger partial charge on any atom is -0.333 e. The summed E-state index contributed by atoms with van der Waals surface area (Å²) in [5.41, 5.74) is 1.80. The van der Waals surface area contributed by atoms with E-state index in [9.17, 15) is 18.9 Å². The molecule has 0 atom stereocenters. The third-order valence-corrected chi connectivity index (χ3v) is 4.04. The Kier molecular flexibility index (Phi) is 4.03. The van der Waals surface area contributed by atoms with Crippen molar-refractivity contribution in [1.82, 2.24) is 15.1 Å². The first-order valence-corrected chi connectivity index (χ1v) is 7.94. The lowest BCUT2D eigenvalue weighted by atomic mass is 10.2. The minimum atomic E-state index is -0.978. The standard InChI is InChI=1S/C18H11F2N5O2/c19-14-6-2-5-13(17(14)20)18-22-15-8-21-24(10-16(15)23-18)9-11-3-1-4-12(7-11)25(26)27/h1-8,10H,9H2/p+1. The number of aromatic nitrogens is 4. The molecule has 0 bridgehead atoms. The number of rotatable bonds is 4. The van der Waals surface area contributed by atoms with Crippen LogP contribution in [0, 0.1) is 21.7 Å². The highest BCUT2D eigenvalue weighted by Crippen LogP contribution is 2.23. The number of nitro groups is 1. The lowest BCUT2D eigenvalue weighted by molar-refractivity contribution is -0.745. The molecule has 9 heteroatoms. The van der Waals surface area contributed by atoms with Gasteiger partial charge in [-0.2, -0.15) is 0 Å². The highest BCUT2D eigenvalue weighted by Gasteiger charge is 2.16. The topological polar surface area (TPSA) is 88.6 Å². The van der Waals surface area contributed by atoms with Crippen molar-refractivity contribution in [3.05, 3.63) is 82.2 Å². The lowest BCUT2D eigenvalue weighted by Crippen LogP contribution is -2.37. The van der Waals surface area contributed by atoms with Gasteiger partial charge in [-0.05, 0) is 17.2 Å². The van der Waals surface area contributed by atoms with E-state index in [1.807, 2.05) is 0 Å². The van der Waals surface area contributed by atoms with Crippen LogP contribution in [0.2, 0.25) is 0 Å². The van der Waals surface area contributed by atoms with E-state index in [4.69, 9.17) is 0 Å². The third kappa shape index (κ3) is 3.22. The molecule has 0 radical (unpaired) electrons. The lowest BCUT2D eigenvalue weighted by Gasteiger charge is -1.99. The number of nitrogens with one attached hydrogen (secondary N) is 1. The zero-order valence-electron chi connectivity index (χ0n) is 13.8. The van der Waals surface area contributed by atoms with E-state index in [0.717, 1.165) is 6.07 Å². The minimum absolute atomic E-state index is 0.000385.